The van der Waals surface area contributed by atoms with Crippen molar-refractivity contribution < 1.29 is 49.2 Å². The van der Waals surface area contributed by atoms with Crippen LogP contribution < -0.4 is 14.2 Å². The van der Waals surface area contributed by atoms with Crippen molar-refractivity contribution >= 4 is 21.5 Å². The molecular formula is C31H32O10. The van der Waals surface area contributed by atoms with Gasteiger partial charge in [0, 0.05) is 45.2 Å². The Kier molecular flexibility index (Phi) is 6.54. The summed E-state index contributed by atoms with van der Waals surface area (Å²) in [6.07, 6.45) is -3.61. The lowest BCUT2D eigenvalue weighted by atomic mass is 9.77. The molecule has 10 nitrogen and oxygen atoms in total. The van der Waals surface area contributed by atoms with Crippen molar-refractivity contribution in [1.29, 1.82) is 0 Å². The Morgan fingerprint density at radius 1 is 0.659 bits per heavy atom. The molecule has 4 unspecified atom stereocenters. The zero-order valence-corrected chi connectivity index (χ0v) is 23.3. The highest BCUT2D eigenvalue weighted by molar-refractivity contribution is 6.15. The highest BCUT2D eigenvalue weighted by Gasteiger charge is 2.39. The highest BCUT2D eigenvalue weighted by atomic mass is 16.5. The standard InChI is InChI=1S/C31H32O10/c1-12-28(33)26-18(10-40-12)30(35)22-16(6-14(32)7-20(22)38-4)24(26)25-17-8-15(37-3)9-21(39-5)23(17)31(36)19-11-41-13(2)29(34)27(19)25/h6-9,12-13,28-29,32-36H,10-11H2,1-5H3. The van der Waals surface area contributed by atoms with Crippen LogP contribution in [0.3, 0.4) is 0 Å². The average Bonchev–Trinajstić information content (AvgIpc) is 2.96. The van der Waals surface area contributed by atoms with E-state index in [-0.39, 0.29) is 36.2 Å². The van der Waals surface area contributed by atoms with E-state index in [1.165, 1.54) is 33.5 Å². The highest BCUT2D eigenvalue weighted by Crippen LogP contribution is 2.56. The maximum atomic E-state index is 11.6. The van der Waals surface area contributed by atoms with Crippen molar-refractivity contribution in [3.05, 3.63) is 46.5 Å². The molecule has 0 saturated carbocycles. The molecule has 0 spiro atoms. The number of phenolic OH excluding ortho intramolecular Hbond substituents is 3. The molecule has 2 heterocycles. The van der Waals surface area contributed by atoms with Gasteiger partial charge in [-0.15, -0.1) is 0 Å². The summed E-state index contributed by atoms with van der Waals surface area (Å²) in [5, 5.41) is 58.6. The number of phenols is 3. The predicted octanol–water partition coefficient (Wildman–Crippen LogP) is 4.71. The summed E-state index contributed by atoms with van der Waals surface area (Å²) in [6.45, 7) is 3.46. The number of benzene rings is 4. The van der Waals surface area contributed by atoms with Crippen LogP contribution >= 0.6 is 0 Å². The Morgan fingerprint density at radius 2 is 1.12 bits per heavy atom. The minimum Gasteiger partial charge on any atom is -0.508 e. The molecule has 0 amide bonds. The van der Waals surface area contributed by atoms with Crippen LogP contribution in [0.4, 0.5) is 0 Å². The zero-order valence-electron chi connectivity index (χ0n) is 23.3. The van der Waals surface area contributed by atoms with E-state index in [1.54, 1.807) is 26.0 Å². The summed E-state index contributed by atoms with van der Waals surface area (Å²) in [6, 6.07) is 6.24. The first kappa shape index (κ1) is 27.2. The number of methoxy groups -OCH3 is 3. The third-order valence-electron chi connectivity index (χ3n) is 8.32. The van der Waals surface area contributed by atoms with Gasteiger partial charge in [0.2, 0.25) is 0 Å². The number of ether oxygens (including phenoxy) is 5. The van der Waals surface area contributed by atoms with Crippen molar-refractivity contribution in [3.63, 3.8) is 0 Å². The van der Waals surface area contributed by atoms with Gasteiger partial charge in [0.15, 0.2) is 0 Å². The van der Waals surface area contributed by atoms with Crippen LogP contribution in [-0.4, -0.2) is 59.1 Å². The Bertz CT molecular complexity index is 1710. The molecule has 41 heavy (non-hydrogen) atoms. The molecule has 216 valence electrons. The Hall–Kier alpha value is -3.96. The quantitative estimate of drug-likeness (QED) is 0.236. The third-order valence-corrected chi connectivity index (χ3v) is 8.32. The summed E-state index contributed by atoms with van der Waals surface area (Å²) in [4.78, 5) is 0. The normalized spacial score (nSPS) is 21.9. The van der Waals surface area contributed by atoms with Gasteiger partial charge in [0.25, 0.3) is 0 Å². The largest absolute Gasteiger partial charge is 0.508 e. The number of hydrogen-bond donors (Lipinski definition) is 5. The molecule has 4 aromatic carbocycles. The molecule has 0 fully saturated rings. The number of fused-ring (bicyclic) bond motifs is 4. The lowest BCUT2D eigenvalue weighted by Crippen LogP contribution is -2.28. The first-order chi connectivity index (χ1) is 19.6. The van der Waals surface area contributed by atoms with Crippen molar-refractivity contribution in [3.8, 4) is 45.6 Å². The number of rotatable bonds is 4. The van der Waals surface area contributed by atoms with E-state index in [9.17, 15) is 25.5 Å². The summed E-state index contributed by atoms with van der Waals surface area (Å²) in [7, 11) is 4.41. The van der Waals surface area contributed by atoms with E-state index in [0.717, 1.165) is 0 Å². The molecule has 4 atom stereocenters. The molecule has 0 bridgehead atoms. The minimum absolute atomic E-state index is 0.000714. The van der Waals surface area contributed by atoms with E-state index in [4.69, 9.17) is 23.7 Å². The Labute approximate surface area is 235 Å². The maximum absolute atomic E-state index is 11.6. The van der Waals surface area contributed by atoms with Crippen LogP contribution in [0, 0.1) is 0 Å². The van der Waals surface area contributed by atoms with Gasteiger partial charge in [-0.3, -0.25) is 0 Å². The van der Waals surface area contributed by atoms with Crippen LogP contribution in [0.15, 0.2) is 24.3 Å². The minimum atomic E-state index is -1.18. The SMILES string of the molecule is COc1cc(OC)c2c(O)c3c(c(-c4c5c(c(O)c6c(OC)cc(O)cc46)COC(C)C5O)c2c1)C(O)C(C)OC3. The van der Waals surface area contributed by atoms with Crippen molar-refractivity contribution in [2.75, 3.05) is 21.3 Å². The van der Waals surface area contributed by atoms with Crippen LogP contribution in [0.25, 0.3) is 32.7 Å². The fraction of sp³-hybridized carbons (Fsp3) is 0.355. The Morgan fingerprint density at radius 3 is 1.59 bits per heavy atom. The number of aromatic hydroxyl groups is 3. The summed E-state index contributed by atoms with van der Waals surface area (Å²) in [5.74, 6) is 0.570. The maximum Gasteiger partial charge on any atom is 0.134 e. The Balaban J connectivity index is 1.94. The van der Waals surface area contributed by atoms with E-state index < -0.39 is 24.4 Å². The van der Waals surface area contributed by atoms with E-state index >= 15 is 0 Å². The molecule has 0 saturated heterocycles. The number of aliphatic hydroxyl groups is 2. The van der Waals surface area contributed by atoms with Gasteiger partial charge >= 0.3 is 0 Å². The molecule has 0 radical (unpaired) electrons. The second kappa shape index (κ2) is 9.85. The van der Waals surface area contributed by atoms with Crippen molar-refractivity contribution in [1.82, 2.24) is 0 Å². The van der Waals surface area contributed by atoms with E-state index in [0.29, 0.717) is 66.4 Å². The molecule has 5 N–H and O–H groups in total. The van der Waals surface area contributed by atoms with E-state index in [2.05, 4.69) is 0 Å². The van der Waals surface area contributed by atoms with Gasteiger partial charge in [0.1, 0.15) is 46.7 Å². The predicted molar refractivity (Wildman–Crippen MR) is 150 cm³/mol. The van der Waals surface area contributed by atoms with Gasteiger partial charge in [-0.2, -0.15) is 0 Å². The molecule has 2 aliphatic rings. The smallest absolute Gasteiger partial charge is 0.134 e. The first-order valence-corrected chi connectivity index (χ1v) is 13.2. The molecular weight excluding hydrogens is 532 g/mol. The molecule has 0 aromatic heterocycles. The summed E-state index contributed by atoms with van der Waals surface area (Å²) in [5.41, 5.74) is 2.39. The lowest BCUT2D eigenvalue weighted by molar-refractivity contribution is -0.0537. The average molecular weight is 565 g/mol. The van der Waals surface area contributed by atoms with Gasteiger partial charge in [-0.1, -0.05) is 0 Å². The fourth-order valence-electron chi connectivity index (χ4n) is 6.23. The number of hydrogen-bond acceptors (Lipinski definition) is 10. The fourth-order valence-corrected chi connectivity index (χ4v) is 6.23. The third kappa shape index (κ3) is 3.86. The molecule has 4 aromatic rings. The van der Waals surface area contributed by atoms with Gasteiger partial charge in [-0.05, 0) is 37.1 Å². The van der Waals surface area contributed by atoms with Gasteiger partial charge in [-0.25, -0.2) is 0 Å². The van der Waals surface area contributed by atoms with E-state index in [1.807, 2.05) is 0 Å². The van der Waals surface area contributed by atoms with Gasteiger partial charge < -0.3 is 49.2 Å². The second-order valence-corrected chi connectivity index (χ2v) is 10.5. The topological polar surface area (TPSA) is 147 Å². The summed E-state index contributed by atoms with van der Waals surface area (Å²) < 4.78 is 28.5. The van der Waals surface area contributed by atoms with Crippen molar-refractivity contribution in [2.24, 2.45) is 0 Å². The molecule has 0 aliphatic carbocycles. The molecule has 6 rings (SSSR count). The molecule has 2 aliphatic heterocycles. The summed E-state index contributed by atoms with van der Waals surface area (Å²) >= 11 is 0. The van der Waals surface area contributed by atoms with Crippen LogP contribution in [0.5, 0.6) is 34.5 Å². The second-order valence-electron chi connectivity index (χ2n) is 10.5. The van der Waals surface area contributed by atoms with Gasteiger partial charge in [0.05, 0.1) is 57.5 Å². The molecule has 10 heteroatoms. The van der Waals surface area contributed by atoms with Crippen LogP contribution in [0.2, 0.25) is 0 Å². The lowest BCUT2D eigenvalue weighted by Gasteiger charge is -2.36. The monoisotopic (exact) mass is 564 g/mol. The zero-order chi connectivity index (χ0) is 29.3. The first-order valence-electron chi connectivity index (χ1n) is 13.2. The van der Waals surface area contributed by atoms with Crippen LogP contribution in [0.1, 0.15) is 48.3 Å². The number of aliphatic hydroxyl groups excluding tert-OH is 2. The van der Waals surface area contributed by atoms with Crippen LogP contribution in [-0.2, 0) is 22.7 Å². The van der Waals surface area contributed by atoms with Crippen molar-refractivity contribution in [2.45, 2.75) is 51.5 Å².